The maximum Gasteiger partial charge on any atom is 0.214 e. The molecule has 0 spiro atoms. The minimum absolute atomic E-state index is 0.382. The first-order chi connectivity index (χ1) is 8.49. The Morgan fingerprint density at radius 2 is 1.78 bits per heavy atom. The average Bonchev–Trinajstić information content (AvgIpc) is 2.81. The standard InChI is InChI=1S/C13H26N2O2S/c1-14(2)13-8-5-9-15(10-13)18(16,17)11-12-6-3-4-7-12/h12-13H,3-11H2,1-2H3. The van der Waals surface area contributed by atoms with Gasteiger partial charge in [-0.2, -0.15) is 0 Å². The molecular weight excluding hydrogens is 248 g/mol. The largest absolute Gasteiger partial charge is 0.305 e. The second-order valence-corrected chi connectivity index (χ2v) is 8.06. The summed E-state index contributed by atoms with van der Waals surface area (Å²) >= 11 is 0. The smallest absolute Gasteiger partial charge is 0.214 e. The number of nitrogens with zero attached hydrogens (tertiary/aromatic N) is 2. The lowest BCUT2D eigenvalue weighted by molar-refractivity contribution is 0.190. The summed E-state index contributed by atoms with van der Waals surface area (Å²) in [6, 6.07) is 0.386. The molecule has 1 saturated carbocycles. The summed E-state index contributed by atoms with van der Waals surface area (Å²) in [7, 11) is 1.05. The Labute approximate surface area is 111 Å². The van der Waals surface area contributed by atoms with E-state index in [1.54, 1.807) is 4.31 Å². The van der Waals surface area contributed by atoms with Crippen molar-refractivity contribution in [2.45, 2.75) is 44.6 Å². The monoisotopic (exact) mass is 274 g/mol. The second-order valence-electron chi connectivity index (χ2n) is 6.05. The zero-order chi connectivity index (χ0) is 13.2. The normalized spacial score (nSPS) is 28.1. The van der Waals surface area contributed by atoms with Crippen molar-refractivity contribution in [2.24, 2.45) is 5.92 Å². The van der Waals surface area contributed by atoms with Crippen LogP contribution in [0.15, 0.2) is 0 Å². The topological polar surface area (TPSA) is 40.6 Å². The summed E-state index contributed by atoms with van der Waals surface area (Å²) in [4.78, 5) is 2.15. The number of hydrogen-bond donors (Lipinski definition) is 0. The van der Waals surface area contributed by atoms with Gasteiger partial charge in [-0.3, -0.25) is 0 Å². The van der Waals surface area contributed by atoms with Gasteiger partial charge in [0, 0.05) is 19.1 Å². The number of rotatable bonds is 4. The first-order valence-electron chi connectivity index (χ1n) is 7.13. The van der Waals surface area contributed by atoms with E-state index in [2.05, 4.69) is 4.90 Å². The van der Waals surface area contributed by atoms with Crippen LogP contribution in [0.5, 0.6) is 0 Å². The fraction of sp³-hybridized carbons (Fsp3) is 1.00. The van der Waals surface area contributed by atoms with Crippen LogP contribution in [-0.2, 0) is 10.0 Å². The summed E-state index contributed by atoms with van der Waals surface area (Å²) in [5.41, 5.74) is 0. The molecule has 1 aliphatic carbocycles. The SMILES string of the molecule is CN(C)C1CCCN(S(=O)(=O)CC2CCCC2)C1. The molecule has 0 radical (unpaired) electrons. The molecular formula is C13H26N2O2S. The van der Waals surface area contributed by atoms with Crippen LogP contribution in [0, 0.1) is 5.92 Å². The predicted octanol–water partition coefficient (Wildman–Crippen LogP) is 1.53. The van der Waals surface area contributed by atoms with Crippen LogP contribution in [0.1, 0.15) is 38.5 Å². The van der Waals surface area contributed by atoms with E-state index >= 15 is 0 Å². The van der Waals surface area contributed by atoms with E-state index in [-0.39, 0.29) is 0 Å². The van der Waals surface area contributed by atoms with Crippen molar-refractivity contribution in [3.63, 3.8) is 0 Å². The molecule has 1 heterocycles. The highest BCUT2D eigenvalue weighted by Crippen LogP contribution is 2.28. The molecule has 2 rings (SSSR count). The van der Waals surface area contributed by atoms with Gasteiger partial charge in [-0.1, -0.05) is 12.8 Å². The zero-order valence-electron chi connectivity index (χ0n) is 11.6. The molecule has 0 aromatic rings. The third kappa shape index (κ3) is 3.45. The molecule has 5 heteroatoms. The summed E-state index contributed by atoms with van der Waals surface area (Å²) in [5.74, 6) is 0.794. The third-order valence-corrected chi connectivity index (χ3v) is 6.42. The van der Waals surface area contributed by atoms with E-state index in [1.165, 1.54) is 12.8 Å². The molecule has 0 aromatic carbocycles. The molecule has 1 saturated heterocycles. The van der Waals surface area contributed by atoms with E-state index in [4.69, 9.17) is 0 Å². The fourth-order valence-corrected chi connectivity index (χ4v) is 5.12. The lowest BCUT2D eigenvalue weighted by Crippen LogP contribution is -2.48. The van der Waals surface area contributed by atoms with Crippen LogP contribution in [0.25, 0.3) is 0 Å². The highest BCUT2D eigenvalue weighted by molar-refractivity contribution is 7.89. The van der Waals surface area contributed by atoms with Crippen molar-refractivity contribution >= 4 is 10.0 Å². The summed E-state index contributed by atoms with van der Waals surface area (Å²) in [6.45, 7) is 1.40. The van der Waals surface area contributed by atoms with Gasteiger partial charge in [0.1, 0.15) is 0 Å². The van der Waals surface area contributed by atoms with Crippen LogP contribution in [-0.4, -0.2) is 56.6 Å². The average molecular weight is 274 g/mol. The quantitative estimate of drug-likeness (QED) is 0.780. The van der Waals surface area contributed by atoms with E-state index in [0.29, 0.717) is 24.3 Å². The lowest BCUT2D eigenvalue weighted by atomic mass is 10.1. The molecule has 18 heavy (non-hydrogen) atoms. The highest BCUT2D eigenvalue weighted by Gasteiger charge is 2.32. The minimum atomic E-state index is -3.03. The van der Waals surface area contributed by atoms with Crippen molar-refractivity contribution in [3.05, 3.63) is 0 Å². The van der Waals surface area contributed by atoms with Crippen molar-refractivity contribution in [2.75, 3.05) is 32.9 Å². The van der Waals surface area contributed by atoms with Gasteiger partial charge in [-0.25, -0.2) is 12.7 Å². The molecule has 2 aliphatic rings. The van der Waals surface area contributed by atoms with Crippen LogP contribution in [0.3, 0.4) is 0 Å². The highest BCUT2D eigenvalue weighted by atomic mass is 32.2. The van der Waals surface area contributed by atoms with E-state index in [1.807, 2.05) is 14.1 Å². The molecule has 0 bridgehead atoms. The summed E-state index contributed by atoms with van der Waals surface area (Å²) in [5, 5.41) is 0. The Balaban J connectivity index is 1.95. The van der Waals surface area contributed by atoms with Crippen molar-refractivity contribution in [3.8, 4) is 0 Å². The lowest BCUT2D eigenvalue weighted by Gasteiger charge is -2.35. The Kier molecular flexibility index (Phi) is 4.67. The Hall–Kier alpha value is -0.130. The van der Waals surface area contributed by atoms with Gasteiger partial charge >= 0.3 is 0 Å². The molecule has 106 valence electrons. The van der Waals surface area contributed by atoms with Gasteiger partial charge in [0.15, 0.2) is 0 Å². The van der Waals surface area contributed by atoms with Gasteiger partial charge in [-0.05, 0) is 45.7 Å². The van der Waals surface area contributed by atoms with E-state index in [0.717, 1.165) is 32.2 Å². The summed E-state index contributed by atoms with van der Waals surface area (Å²) < 4.78 is 26.6. The molecule has 0 N–H and O–H groups in total. The third-order valence-electron chi connectivity index (χ3n) is 4.40. The molecule has 0 aromatic heterocycles. The first-order valence-corrected chi connectivity index (χ1v) is 8.74. The molecule has 1 atom stereocenters. The van der Waals surface area contributed by atoms with Gasteiger partial charge in [-0.15, -0.1) is 0 Å². The molecule has 2 fully saturated rings. The van der Waals surface area contributed by atoms with Gasteiger partial charge in [0.05, 0.1) is 5.75 Å². The minimum Gasteiger partial charge on any atom is -0.305 e. The second kappa shape index (κ2) is 5.88. The number of hydrogen-bond acceptors (Lipinski definition) is 3. The molecule has 1 aliphatic heterocycles. The molecule has 4 nitrogen and oxygen atoms in total. The summed E-state index contributed by atoms with van der Waals surface area (Å²) in [6.07, 6.45) is 6.73. The van der Waals surface area contributed by atoms with Crippen LogP contribution >= 0.6 is 0 Å². The number of likely N-dealkylation sites (N-methyl/N-ethyl adjacent to an activating group) is 1. The Bertz CT molecular complexity index is 361. The number of piperidine rings is 1. The van der Waals surface area contributed by atoms with Crippen molar-refractivity contribution in [1.82, 2.24) is 9.21 Å². The number of sulfonamides is 1. The zero-order valence-corrected chi connectivity index (χ0v) is 12.5. The van der Waals surface area contributed by atoms with Gasteiger partial charge in [0.25, 0.3) is 0 Å². The predicted molar refractivity (Wildman–Crippen MR) is 74.0 cm³/mol. The van der Waals surface area contributed by atoms with E-state index < -0.39 is 10.0 Å². The Morgan fingerprint density at radius 3 is 2.39 bits per heavy atom. The molecule has 1 unspecified atom stereocenters. The Morgan fingerprint density at radius 1 is 1.11 bits per heavy atom. The van der Waals surface area contributed by atoms with Crippen LogP contribution in [0.2, 0.25) is 0 Å². The van der Waals surface area contributed by atoms with Crippen LogP contribution in [0.4, 0.5) is 0 Å². The van der Waals surface area contributed by atoms with Gasteiger partial charge < -0.3 is 4.90 Å². The first kappa shape index (κ1) is 14.3. The fourth-order valence-electron chi connectivity index (χ4n) is 3.18. The van der Waals surface area contributed by atoms with E-state index in [9.17, 15) is 8.42 Å². The van der Waals surface area contributed by atoms with Crippen LogP contribution < -0.4 is 0 Å². The van der Waals surface area contributed by atoms with Gasteiger partial charge in [0.2, 0.25) is 10.0 Å². The maximum absolute atomic E-state index is 12.4. The maximum atomic E-state index is 12.4. The van der Waals surface area contributed by atoms with Crippen molar-refractivity contribution in [1.29, 1.82) is 0 Å². The molecule has 0 amide bonds. The van der Waals surface area contributed by atoms with Crippen molar-refractivity contribution < 1.29 is 8.42 Å².